The average Bonchev–Trinajstić information content (AvgIpc) is 2.27. The quantitative estimate of drug-likeness (QED) is 0.557. The molecule has 0 saturated carbocycles. The van der Waals surface area contributed by atoms with Gasteiger partial charge >= 0.3 is 12.1 Å². The largest absolute Gasteiger partial charge is 0.457 e. The summed E-state index contributed by atoms with van der Waals surface area (Å²) in [6.45, 7) is 8.06. The first-order valence-corrected chi connectivity index (χ1v) is 6.96. The molecule has 6 heteroatoms. The molecule has 1 aromatic carbocycles. The first-order chi connectivity index (χ1) is 9.43. The van der Waals surface area contributed by atoms with E-state index in [0.29, 0.717) is 0 Å². The molecule has 116 valence electrons. The first kappa shape index (κ1) is 17.8. The van der Waals surface area contributed by atoms with Crippen molar-refractivity contribution in [3.05, 3.63) is 46.5 Å². The Morgan fingerprint density at radius 3 is 2.19 bits per heavy atom. The highest BCUT2D eigenvalue weighted by molar-refractivity contribution is 9.10. The van der Waals surface area contributed by atoms with E-state index >= 15 is 0 Å². The third-order valence-electron chi connectivity index (χ3n) is 2.55. The smallest absolute Gasteiger partial charge is 0.399 e. The number of esters is 1. The summed E-state index contributed by atoms with van der Waals surface area (Å²) in [5.74, 6) is -3.16. The lowest BCUT2D eigenvalue weighted by Gasteiger charge is -2.26. The summed E-state index contributed by atoms with van der Waals surface area (Å²) in [5.41, 5.74) is -1.59. The van der Waals surface area contributed by atoms with Crippen molar-refractivity contribution >= 4 is 21.9 Å². The fraction of sp³-hybridized carbons (Fsp3) is 0.400. The minimum atomic E-state index is -4.64. The number of carbonyl (C=O) groups is 1. The van der Waals surface area contributed by atoms with Gasteiger partial charge in [-0.25, -0.2) is 4.79 Å². The molecule has 0 radical (unpaired) electrons. The highest BCUT2D eigenvalue weighted by Crippen LogP contribution is 2.42. The van der Waals surface area contributed by atoms with Gasteiger partial charge in [0.1, 0.15) is 11.5 Å². The van der Waals surface area contributed by atoms with E-state index in [1.807, 2.05) is 0 Å². The standard InChI is InChI=1S/C15H16BrF3O2/c1-9(13(20)21-14(2,3)4)12(15(17,18)19)10-7-5-6-8-11(10)16/h5-8,12H,1H2,2-4H3/t12-/m1/s1. The van der Waals surface area contributed by atoms with E-state index in [-0.39, 0.29) is 10.0 Å². The zero-order valence-corrected chi connectivity index (χ0v) is 13.5. The number of benzene rings is 1. The third-order valence-corrected chi connectivity index (χ3v) is 3.28. The zero-order chi connectivity index (χ0) is 16.4. The molecule has 0 N–H and O–H groups in total. The molecule has 0 unspecified atom stereocenters. The second kappa shape index (κ2) is 6.22. The van der Waals surface area contributed by atoms with Crippen LogP contribution in [0.4, 0.5) is 13.2 Å². The van der Waals surface area contributed by atoms with Gasteiger partial charge in [-0.2, -0.15) is 13.2 Å². The molecule has 2 nitrogen and oxygen atoms in total. The molecule has 0 fully saturated rings. The Morgan fingerprint density at radius 2 is 1.76 bits per heavy atom. The molecular weight excluding hydrogens is 349 g/mol. The van der Waals surface area contributed by atoms with Crippen LogP contribution in [0.25, 0.3) is 0 Å². The van der Waals surface area contributed by atoms with Crippen LogP contribution in [0.1, 0.15) is 32.3 Å². The number of alkyl halides is 3. The Bertz CT molecular complexity index is 545. The van der Waals surface area contributed by atoms with E-state index in [4.69, 9.17) is 4.74 Å². The second-order valence-electron chi connectivity index (χ2n) is 5.52. The number of hydrogen-bond acceptors (Lipinski definition) is 2. The maximum Gasteiger partial charge on any atom is 0.399 e. The lowest BCUT2D eigenvalue weighted by Crippen LogP contribution is -2.31. The number of hydrogen-bond donors (Lipinski definition) is 0. The maximum atomic E-state index is 13.3. The molecule has 0 amide bonds. The van der Waals surface area contributed by atoms with Crippen LogP contribution in [0.3, 0.4) is 0 Å². The number of ether oxygens (including phenoxy) is 1. The van der Waals surface area contributed by atoms with Crippen LogP contribution in [0, 0.1) is 0 Å². The van der Waals surface area contributed by atoms with Crippen LogP contribution in [0.5, 0.6) is 0 Å². The molecule has 0 saturated heterocycles. The topological polar surface area (TPSA) is 26.3 Å². The van der Waals surface area contributed by atoms with Crippen molar-refractivity contribution in [2.75, 3.05) is 0 Å². The third kappa shape index (κ3) is 4.88. The van der Waals surface area contributed by atoms with Crippen molar-refractivity contribution in [2.45, 2.75) is 38.5 Å². The van der Waals surface area contributed by atoms with Crippen molar-refractivity contribution in [3.63, 3.8) is 0 Å². The molecule has 0 aliphatic rings. The first-order valence-electron chi connectivity index (χ1n) is 6.17. The predicted molar refractivity (Wildman–Crippen MR) is 77.9 cm³/mol. The van der Waals surface area contributed by atoms with E-state index in [2.05, 4.69) is 22.5 Å². The van der Waals surface area contributed by atoms with Crippen molar-refractivity contribution in [2.24, 2.45) is 0 Å². The Kier molecular flexibility index (Phi) is 5.25. The van der Waals surface area contributed by atoms with Crippen LogP contribution >= 0.6 is 15.9 Å². The van der Waals surface area contributed by atoms with Crippen LogP contribution in [-0.4, -0.2) is 17.7 Å². The summed E-state index contributed by atoms with van der Waals surface area (Å²) in [4.78, 5) is 11.9. The number of halogens is 4. The highest BCUT2D eigenvalue weighted by Gasteiger charge is 2.46. The van der Waals surface area contributed by atoms with Gasteiger partial charge in [-0.1, -0.05) is 40.7 Å². The fourth-order valence-electron chi connectivity index (χ4n) is 1.73. The zero-order valence-electron chi connectivity index (χ0n) is 11.9. The molecule has 21 heavy (non-hydrogen) atoms. The summed E-state index contributed by atoms with van der Waals surface area (Å²) in [5, 5.41) is 0. The Labute approximate surface area is 130 Å². The molecule has 1 rings (SSSR count). The summed E-state index contributed by atoms with van der Waals surface area (Å²) in [6.07, 6.45) is -4.64. The normalized spacial score (nSPS) is 13.7. The molecule has 0 bridgehead atoms. The molecule has 0 spiro atoms. The van der Waals surface area contributed by atoms with Crippen molar-refractivity contribution < 1.29 is 22.7 Å². The molecule has 0 aliphatic heterocycles. The summed E-state index contributed by atoms with van der Waals surface area (Å²) in [7, 11) is 0. The van der Waals surface area contributed by atoms with Gasteiger partial charge in [0, 0.05) is 10.0 Å². The highest BCUT2D eigenvalue weighted by atomic mass is 79.9. The van der Waals surface area contributed by atoms with E-state index in [1.165, 1.54) is 18.2 Å². The lowest BCUT2D eigenvalue weighted by atomic mass is 9.91. The Balaban J connectivity index is 3.20. The van der Waals surface area contributed by atoms with Gasteiger partial charge in [0.15, 0.2) is 0 Å². The molecule has 1 aromatic rings. The summed E-state index contributed by atoms with van der Waals surface area (Å²) >= 11 is 3.07. The van der Waals surface area contributed by atoms with Crippen molar-refractivity contribution in [1.29, 1.82) is 0 Å². The lowest BCUT2D eigenvalue weighted by molar-refractivity contribution is -0.161. The van der Waals surface area contributed by atoms with Gasteiger partial charge in [-0.3, -0.25) is 0 Å². The minimum absolute atomic E-state index is 0.0686. The predicted octanol–water partition coefficient (Wildman–Crippen LogP) is 4.99. The Hall–Kier alpha value is -1.30. The van der Waals surface area contributed by atoms with Gasteiger partial charge < -0.3 is 4.74 Å². The number of carbonyl (C=O) groups excluding carboxylic acids is 1. The van der Waals surface area contributed by atoms with Gasteiger partial charge in [0.2, 0.25) is 0 Å². The van der Waals surface area contributed by atoms with Gasteiger partial charge in [0.25, 0.3) is 0 Å². The molecule has 1 atom stereocenters. The molecule has 0 heterocycles. The molecule has 0 aromatic heterocycles. The minimum Gasteiger partial charge on any atom is -0.457 e. The van der Waals surface area contributed by atoms with Crippen LogP contribution in [-0.2, 0) is 9.53 Å². The van der Waals surface area contributed by atoms with Crippen LogP contribution < -0.4 is 0 Å². The van der Waals surface area contributed by atoms with Crippen molar-refractivity contribution in [1.82, 2.24) is 0 Å². The Morgan fingerprint density at radius 1 is 1.24 bits per heavy atom. The van der Waals surface area contributed by atoms with E-state index in [9.17, 15) is 18.0 Å². The fourth-order valence-corrected chi connectivity index (χ4v) is 2.25. The van der Waals surface area contributed by atoms with E-state index in [0.717, 1.165) is 0 Å². The maximum absolute atomic E-state index is 13.3. The molecule has 0 aliphatic carbocycles. The van der Waals surface area contributed by atoms with Crippen LogP contribution in [0.2, 0.25) is 0 Å². The summed E-state index contributed by atoms with van der Waals surface area (Å²) < 4.78 is 45.3. The van der Waals surface area contributed by atoms with Gasteiger partial charge in [-0.05, 0) is 32.4 Å². The van der Waals surface area contributed by atoms with E-state index in [1.54, 1.807) is 26.8 Å². The summed E-state index contributed by atoms with van der Waals surface area (Å²) in [6, 6.07) is 5.85. The van der Waals surface area contributed by atoms with Crippen LogP contribution in [0.15, 0.2) is 40.9 Å². The monoisotopic (exact) mass is 364 g/mol. The van der Waals surface area contributed by atoms with Gasteiger partial charge in [-0.15, -0.1) is 0 Å². The number of rotatable bonds is 3. The van der Waals surface area contributed by atoms with Gasteiger partial charge in [0.05, 0.1) is 0 Å². The SMILES string of the molecule is C=C(C(=O)OC(C)(C)C)[C@H](c1ccccc1Br)C(F)(F)F. The van der Waals surface area contributed by atoms with Crippen molar-refractivity contribution in [3.8, 4) is 0 Å². The second-order valence-corrected chi connectivity index (χ2v) is 6.38. The average molecular weight is 365 g/mol. The molecular formula is C15H16BrF3O2. The van der Waals surface area contributed by atoms with E-state index < -0.39 is 29.2 Å².